The quantitative estimate of drug-likeness (QED) is 0.844. The van der Waals surface area contributed by atoms with Crippen LogP contribution >= 0.6 is 0 Å². The Balaban J connectivity index is 1.51. The van der Waals surface area contributed by atoms with E-state index in [9.17, 15) is 0 Å². The van der Waals surface area contributed by atoms with E-state index in [1.54, 1.807) is 7.11 Å². The van der Waals surface area contributed by atoms with E-state index in [2.05, 4.69) is 11.0 Å². The van der Waals surface area contributed by atoms with Crippen LogP contribution in [-0.2, 0) is 6.54 Å². The van der Waals surface area contributed by atoms with Gasteiger partial charge in [-0.05, 0) is 44.0 Å². The van der Waals surface area contributed by atoms with Crippen LogP contribution in [0.15, 0.2) is 40.8 Å². The van der Waals surface area contributed by atoms with Crippen LogP contribution in [0.25, 0.3) is 0 Å². The molecule has 0 amide bonds. The summed E-state index contributed by atoms with van der Waals surface area (Å²) in [5.41, 5.74) is 0. The fourth-order valence-electron chi connectivity index (χ4n) is 2.87. The third-order valence-electron chi connectivity index (χ3n) is 4.07. The van der Waals surface area contributed by atoms with Gasteiger partial charge in [-0.1, -0.05) is 12.1 Å². The second kappa shape index (κ2) is 6.88. The van der Waals surface area contributed by atoms with Crippen molar-refractivity contribution in [1.82, 2.24) is 4.90 Å². The molecule has 0 N–H and O–H groups in total. The van der Waals surface area contributed by atoms with Gasteiger partial charge >= 0.3 is 0 Å². The third kappa shape index (κ3) is 3.63. The zero-order valence-electron chi connectivity index (χ0n) is 13.2. The summed E-state index contributed by atoms with van der Waals surface area (Å²) in [7, 11) is 1.68. The summed E-state index contributed by atoms with van der Waals surface area (Å²) >= 11 is 0. The Morgan fingerprint density at radius 2 is 1.82 bits per heavy atom. The topological polar surface area (TPSA) is 34.8 Å². The molecule has 2 heterocycles. The van der Waals surface area contributed by atoms with Crippen LogP contribution in [0.3, 0.4) is 0 Å². The van der Waals surface area contributed by atoms with Gasteiger partial charge in [-0.25, -0.2) is 0 Å². The molecule has 2 aromatic rings. The molecule has 0 atom stereocenters. The average molecular weight is 301 g/mol. The van der Waals surface area contributed by atoms with Gasteiger partial charge in [0.15, 0.2) is 11.5 Å². The van der Waals surface area contributed by atoms with Crippen molar-refractivity contribution < 1.29 is 13.9 Å². The van der Waals surface area contributed by atoms with Crippen molar-refractivity contribution in [3.05, 3.63) is 47.9 Å². The summed E-state index contributed by atoms with van der Waals surface area (Å²) < 4.78 is 17.1. The van der Waals surface area contributed by atoms with E-state index in [4.69, 9.17) is 13.9 Å². The normalized spacial score (nSPS) is 16.6. The molecule has 1 aliphatic rings. The minimum atomic E-state index is 0.255. The lowest BCUT2D eigenvalue weighted by atomic mass is 10.1. The minimum absolute atomic E-state index is 0.255. The van der Waals surface area contributed by atoms with Crippen LogP contribution in [0.4, 0.5) is 0 Å². The van der Waals surface area contributed by atoms with Gasteiger partial charge in [-0.3, -0.25) is 4.90 Å². The maximum Gasteiger partial charge on any atom is 0.161 e. The number of hydrogen-bond donors (Lipinski definition) is 0. The van der Waals surface area contributed by atoms with Crippen molar-refractivity contribution in [2.75, 3.05) is 20.2 Å². The summed E-state index contributed by atoms with van der Waals surface area (Å²) in [6.45, 7) is 4.92. The second-order valence-corrected chi connectivity index (χ2v) is 5.76. The van der Waals surface area contributed by atoms with Crippen molar-refractivity contribution in [3.8, 4) is 11.5 Å². The smallest absolute Gasteiger partial charge is 0.161 e. The number of aryl methyl sites for hydroxylation is 1. The molecular weight excluding hydrogens is 278 g/mol. The molecule has 0 aliphatic carbocycles. The monoisotopic (exact) mass is 301 g/mol. The molecule has 4 nitrogen and oxygen atoms in total. The molecule has 22 heavy (non-hydrogen) atoms. The first kappa shape index (κ1) is 15.0. The van der Waals surface area contributed by atoms with Crippen LogP contribution in [0.1, 0.15) is 24.4 Å². The van der Waals surface area contributed by atoms with Crippen LogP contribution in [0, 0.1) is 6.92 Å². The van der Waals surface area contributed by atoms with Crippen molar-refractivity contribution in [2.45, 2.75) is 32.4 Å². The molecule has 1 aliphatic heterocycles. The molecule has 1 aromatic heterocycles. The van der Waals surface area contributed by atoms with Crippen LogP contribution < -0.4 is 9.47 Å². The Morgan fingerprint density at radius 1 is 1.09 bits per heavy atom. The SMILES string of the molecule is COc1ccccc1OC1CCN(Cc2ccc(C)o2)CC1. The lowest BCUT2D eigenvalue weighted by Crippen LogP contribution is -2.37. The van der Waals surface area contributed by atoms with Gasteiger partial charge in [-0.15, -0.1) is 0 Å². The first-order chi connectivity index (χ1) is 10.7. The lowest BCUT2D eigenvalue weighted by molar-refractivity contribution is 0.0904. The van der Waals surface area contributed by atoms with E-state index < -0.39 is 0 Å². The third-order valence-corrected chi connectivity index (χ3v) is 4.07. The fourth-order valence-corrected chi connectivity index (χ4v) is 2.87. The van der Waals surface area contributed by atoms with Gasteiger partial charge in [0.1, 0.15) is 17.6 Å². The van der Waals surface area contributed by atoms with Gasteiger partial charge in [0.25, 0.3) is 0 Å². The molecule has 1 aromatic carbocycles. The molecule has 0 saturated carbocycles. The Kier molecular flexibility index (Phi) is 4.68. The number of methoxy groups -OCH3 is 1. The molecule has 1 fully saturated rings. The van der Waals surface area contributed by atoms with Crippen LogP contribution in [0.2, 0.25) is 0 Å². The predicted octanol–water partition coefficient (Wildman–Crippen LogP) is 3.64. The van der Waals surface area contributed by atoms with E-state index in [0.717, 1.165) is 55.5 Å². The maximum absolute atomic E-state index is 6.10. The van der Waals surface area contributed by atoms with Gasteiger partial charge in [0.05, 0.1) is 13.7 Å². The maximum atomic E-state index is 6.10. The van der Waals surface area contributed by atoms with E-state index in [1.165, 1.54) is 0 Å². The summed E-state index contributed by atoms with van der Waals surface area (Å²) in [6.07, 6.45) is 2.31. The Hall–Kier alpha value is -1.94. The average Bonchev–Trinajstić information content (AvgIpc) is 2.95. The Bertz CT molecular complexity index is 600. The van der Waals surface area contributed by atoms with Crippen molar-refractivity contribution in [1.29, 1.82) is 0 Å². The van der Waals surface area contributed by atoms with Crippen molar-refractivity contribution in [3.63, 3.8) is 0 Å². The Morgan fingerprint density at radius 3 is 2.45 bits per heavy atom. The molecular formula is C18H23NO3. The second-order valence-electron chi connectivity index (χ2n) is 5.76. The number of piperidine rings is 1. The number of rotatable bonds is 5. The largest absolute Gasteiger partial charge is 0.493 e. The summed E-state index contributed by atoms with van der Waals surface area (Å²) in [4.78, 5) is 2.42. The number of benzene rings is 1. The van der Waals surface area contributed by atoms with E-state index in [0.29, 0.717) is 0 Å². The fraction of sp³-hybridized carbons (Fsp3) is 0.444. The zero-order chi connectivity index (χ0) is 15.4. The highest BCUT2D eigenvalue weighted by Crippen LogP contribution is 2.29. The summed E-state index contributed by atoms with van der Waals surface area (Å²) in [5, 5.41) is 0. The molecule has 0 radical (unpaired) electrons. The zero-order valence-corrected chi connectivity index (χ0v) is 13.2. The number of ether oxygens (including phenoxy) is 2. The summed E-state index contributed by atoms with van der Waals surface area (Å²) in [6, 6.07) is 11.9. The van der Waals surface area contributed by atoms with E-state index >= 15 is 0 Å². The summed E-state index contributed by atoms with van der Waals surface area (Å²) in [5.74, 6) is 3.66. The van der Waals surface area contributed by atoms with E-state index in [-0.39, 0.29) is 6.10 Å². The van der Waals surface area contributed by atoms with Crippen molar-refractivity contribution in [2.24, 2.45) is 0 Å². The number of hydrogen-bond acceptors (Lipinski definition) is 4. The van der Waals surface area contributed by atoms with Gasteiger partial charge in [0, 0.05) is 13.1 Å². The number of nitrogens with zero attached hydrogens (tertiary/aromatic N) is 1. The standard InChI is InChI=1S/C18H23NO3/c1-14-7-8-16(21-14)13-19-11-9-15(10-12-19)22-18-6-4-3-5-17(18)20-2/h3-8,15H,9-13H2,1-2H3. The highest BCUT2D eigenvalue weighted by Gasteiger charge is 2.22. The van der Waals surface area contributed by atoms with Gasteiger partial charge in [0.2, 0.25) is 0 Å². The highest BCUT2D eigenvalue weighted by molar-refractivity contribution is 5.39. The van der Waals surface area contributed by atoms with Crippen molar-refractivity contribution >= 4 is 0 Å². The number of likely N-dealkylation sites (tertiary alicyclic amines) is 1. The first-order valence-corrected chi connectivity index (χ1v) is 7.82. The molecule has 0 unspecified atom stereocenters. The molecule has 1 saturated heterocycles. The first-order valence-electron chi connectivity index (χ1n) is 7.82. The lowest BCUT2D eigenvalue weighted by Gasteiger charge is -2.31. The van der Waals surface area contributed by atoms with Crippen LogP contribution in [0.5, 0.6) is 11.5 Å². The molecule has 3 rings (SSSR count). The molecule has 0 bridgehead atoms. The highest BCUT2D eigenvalue weighted by atomic mass is 16.5. The minimum Gasteiger partial charge on any atom is -0.493 e. The number of para-hydroxylation sites is 2. The molecule has 4 heteroatoms. The molecule has 0 spiro atoms. The Labute approximate surface area is 131 Å². The predicted molar refractivity (Wildman–Crippen MR) is 85.4 cm³/mol. The van der Waals surface area contributed by atoms with Crippen LogP contribution in [-0.4, -0.2) is 31.2 Å². The van der Waals surface area contributed by atoms with Gasteiger partial charge in [-0.2, -0.15) is 0 Å². The molecule has 118 valence electrons. The van der Waals surface area contributed by atoms with E-state index in [1.807, 2.05) is 37.3 Å². The van der Waals surface area contributed by atoms with Gasteiger partial charge < -0.3 is 13.9 Å². The number of furan rings is 1.